The maximum Gasteiger partial charge on any atom is 0.199 e. The summed E-state index contributed by atoms with van der Waals surface area (Å²) in [6.45, 7) is 22.5. The number of nitrogens with zero attached hydrogens (tertiary/aromatic N) is 6. The molecule has 66 heavy (non-hydrogen) atoms. The molecule has 0 atom stereocenters. The van der Waals surface area contributed by atoms with Crippen LogP contribution in [0.15, 0.2) is 133 Å². The number of anilines is 4. The van der Waals surface area contributed by atoms with Gasteiger partial charge in [-0.2, -0.15) is 0 Å². The van der Waals surface area contributed by atoms with Crippen molar-refractivity contribution in [2.24, 2.45) is 0 Å². The molecule has 0 unspecified atom stereocenters. The summed E-state index contributed by atoms with van der Waals surface area (Å²) in [4.78, 5) is 9.03. The van der Waals surface area contributed by atoms with Crippen molar-refractivity contribution in [3.63, 3.8) is 0 Å². The molecule has 0 spiro atoms. The Balaban J connectivity index is 0.000000198. The third kappa shape index (κ3) is 8.79. The van der Waals surface area contributed by atoms with E-state index in [-0.39, 0.29) is 10.8 Å². The summed E-state index contributed by atoms with van der Waals surface area (Å²) in [7, 11) is 16.9. The number of hydrogen-bond acceptors (Lipinski definition) is 4. The normalized spacial score (nSPS) is 15.9. The van der Waals surface area contributed by atoms with Crippen molar-refractivity contribution in [1.29, 1.82) is 0 Å². The second-order valence-electron chi connectivity index (χ2n) is 19.9. The minimum absolute atomic E-state index is 0.0875. The topological polar surface area (TPSA) is 19.0 Å². The number of hydrogen-bond donors (Lipinski definition) is 0. The molecule has 0 saturated heterocycles. The highest BCUT2D eigenvalue weighted by Crippen LogP contribution is 2.51. The molecule has 0 amide bonds. The Morgan fingerprint density at radius 1 is 0.409 bits per heavy atom. The van der Waals surface area contributed by atoms with Crippen molar-refractivity contribution in [2.75, 3.05) is 102 Å². The molecule has 4 aromatic rings. The Morgan fingerprint density at radius 3 is 1.00 bits per heavy atom. The van der Waals surface area contributed by atoms with Crippen LogP contribution in [0.5, 0.6) is 0 Å². The zero-order chi connectivity index (χ0) is 47.8. The van der Waals surface area contributed by atoms with E-state index < -0.39 is 0 Å². The summed E-state index contributed by atoms with van der Waals surface area (Å²) >= 11 is 0. The summed E-state index contributed by atoms with van der Waals surface area (Å²) < 4.78 is 4.55. The van der Waals surface area contributed by atoms with Gasteiger partial charge in [0, 0.05) is 113 Å². The van der Waals surface area contributed by atoms with E-state index in [1.807, 2.05) is 0 Å². The summed E-state index contributed by atoms with van der Waals surface area (Å²) in [5.41, 5.74) is 23.5. The number of rotatable bonds is 8. The van der Waals surface area contributed by atoms with Crippen LogP contribution < -0.4 is 19.6 Å². The van der Waals surface area contributed by atoms with Crippen LogP contribution in [-0.2, 0) is 10.8 Å². The van der Waals surface area contributed by atoms with Crippen LogP contribution in [-0.4, -0.2) is 103 Å². The zero-order valence-corrected chi connectivity index (χ0v) is 43.1. The molecule has 0 bridgehead atoms. The first-order valence-corrected chi connectivity index (χ1v) is 24.1. The van der Waals surface area contributed by atoms with E-state index in [4.69, 9.17) is 0 Å². The molecule has 0 saturated carbocycles. The van der Waals surface area contributed by atoms with Crippen molar-refractivity contribution in [1.82, 2.24) is 0 Å². The maximum absolute atomic E-state index is 2.45. The van der Waals surface area contributed by atoms with Gasteiger partial charge in [-0.3, -0.25) is 0 Å². The molecule has 4 aliphatic carbocycles. The highest BCUT2D eigenvalue weighted by Gasteiger charge is 2.38. The van der Waals surface area contributed by atoms with Crippen LogP contribution >= 0.6 is 0 Å². The maximum atomic E-state index is 2.45. The molecule has 0 radical (unpaired) electrons. The lowest BCUT2D eigenvalue weighted by Crippen LogP contribution is -2.29. The molecule has 0 aromatic heterocycles. The predicted molar refractivity (Wildman–Crippen MR) is 289 cm³/mol. The van der Waals surface area contributed by atoms with E-state index in [0.29, 0.717) is 0 Å². The molecule has 344 valence electrons. The lowest BCUT2D eigenvalue weighted by atomic mass is 9.66. The molecule has 6 heteroatoms. The van der Waals surface area contributed by atoms with Crippen LogP contribution in [0.2, 0.25) is 0 Å². The lowest BCUT2D eigenvalue weighted by molar-refractivity contribution is -0.519. The molecular formula is C60H76N6+2. The fourth-order valence-electron chi connectivity index (χ4n) is 10.2. The summed E-state index contributed by atoms with van der Waals surface area (Å²) in [5, 5.41) is 0. The van der Waals surface area contributed by atoms with Gasteiger partial charge in [0.15, 0.2) is 11.4 Å². The fraction of sp³-hybridized carbons (Fsp3) is 0.367. The second kappa shape index (κ2) is 19.0. The smallest absolute Gasteiger partial charge is 0.199 e. The van der Waals surface area contributed by atoms with Gasteiger partial charge in [-0.1, -0.05) is 52.0 Å². The summed E-state index contributed by atoms with van der Waals surface area (Å²) in [5.74, 6) is 0. The minimum Gasteiger partial charge on any atom is -0.378 e. The van der Waals surface area contributed by atoms with Crippen molar-refractivity contribution in [2.45, 2.75) is 66.2 Å². The van der Waals surface area contributed by atoms with Crippen molar-refractivity contribution >= 4 is 45.3 Å². The van der Waals surface area contributed by atoms with Gasteiger partial charge in [0.2, 0.25) is 0 Å². The monoisotopic (exact) mass is 881 g/mol. The number of benzene rings is 4. The van der Waals surface area contributed by atoms with Crippen molar-refractivity contribution in [3.05, 3.63) is 177 Å². The molecule has 0 fully saturated rings. The number of allylic oxidation sites excluding steroid dienone is 10. The Hall–Kier alpha value is -6.14. The van der Waals surface area contributed by atoms with Crippen LogP contribution in [0.1, 0.15) is 99.9 Å². The van der Waals surface area contributed by atoms with Gasteiger partial charge in [-0.05, 0) is 167 Å². The lowest BCUT2D eigenvalue weighted by Gasteiger charge is -2.39. The molecule has 0 N–H and O–H groups in total. The van der Waals surface area contributed by atoms with Gasteiger partial charge in [0.25, 0.3) is 0 Å². The van der Waals surface area contributed by atoms with E-state index >= 15 is 0 Å². The van der Waals surface area contributed by atoms with Gasteiger partial charge in [0.05, 0.1) is 0 Å². The minimum atomic E-state index is -0.0927. The molecule has 8 rings (SSSR count). The average molecular weight is 881 g/mol. The Kier molecular flexibility index (Phi) is 13.8. The highest BCUT2D eigenvalue weighted by atomic mass is 15.1. The predicted octanol–water partition coefficient (Wildman–Crippen LogP) is 11.8. The first-order chi connectivity index (χ1) is 31.4. The first-order valence-electron chi connectivity index (χ1n) is 24.1. The fourth-order valence-corrected chi connectivity index (χ4v) is 10.2. The van der Waals surface area contributed by atoms with E-state index in [1.54, 1.807) is 0 Å². The van der Waals surface area contributed by atoms with Crippen LogP contribution in [0.4, 0.5) is 22.7 Å². The van der Waals surface area contributed by atoms with E-state index in [2.05, 4.69) is 262 Å². The van der Waals surface area contributed by atoms with Gasteiger partial charge in [0.1, 0.15) is 27.2 Å². The van der Waals surface area contributed by atoms with Gasteiger partial charge in [-0.15, -0.1) is 0 Å². The van der Waals surface area contributed by atoms with Crippen molar-refractivity contribution < 1.29 is 9.15 Å². The van der Waals surface area contributed by atoms with Gasteiger partial charge in [-0.25, -0.2) is 9.15 Å². The molecule has 4 aliphatic rings. The third-order valence-electron chi connectivity index (χ3n) is 14.4. The molecular weight excluding hydrogens is 805 g/mol. The average Bonchev–Trinajstić information content (AvgIpc) is 3.30. The summed E-state index contributed by atoms with van der Waals surface area (Å²) in [6, 6.07) is 27.9. The first kappa shape index (κ1) is 47.8. The van der Waals surface area contributed by atoms with Crippen LogP contribution in [0.25, 0.3) is 11.1 Å². The standard InChI is InChI=1S/C32H42N3.C28H34N3/c1-9-34(10-2)24-15-13-23(14-16-24)31-27-19-17-25(33(7)8)21-29(27)32(5,6)30-22-26(18-20-28(30)31)35(11-3)12-4;1-28(2)25-17-21(30(5)6)13-15-23(25)27(19-9-11-20(12-10-19)29(3)4)24-16-14-22(31(7)8)18-26(24)28/h13-22H,9-12H2,1-8H3;9-18H,1-8H3/q2*+1. The Labute approximate surface area is 398 Å². The highest BCUT2D eigenvalue weighted by molar-refractivity contribution is 6.05. The molecule has 4 aromatic carbocycles. The van der Waals surface area contributed by atoms with E-state index in [1.165, 1.54) is 101 Å². The SMILES string of the molecule is CCN(CC)c1ccc2c(c1)C(C)(C)c1cc(N(C)C)ccc1C2=C1C=CC(=[N+](CC)CC)C=C1.CN(C)c1ccc2c(c1)C(C)(C)c1cc(N(C)C)ccc1C2=C1C=CC(=[N+](C)C)C=C1. The largest absolute Gasteiger partial charge is 0.378 e. The van der Waals surface area contributed by atoms with Crippen molar-refractivity contribution in [3.8, 4) is 0 Å². The molecule has 6 nitrogen and oxygen atoms in total. The van der Waals surface area contributed by atoms with E-state index in [0.717, 1.165) is 26.2 Å². The van der Waals surface area contributed by atoms with Gasteiger partial charge >= 0.3 is 0 Å². The Morgan fingerprint density at radius 2 is 0.712 bits per heavy atom. The van der Waals surface area contributed by atoms with Gasteiger partial charge < -0.3 is 19.6 Å². The zero-order valence-electron chi connectivity index (χ0n) is 43.1. The van der Waals surface area contributed by atoms with Crippen LogP contribution in [0, 0.1) is 0 Å². The quantitative estimate of drug-likeness (QED) is 0.164. The van der Waals surface area contributed by atoms with Crippen LogP contribution in [0.3, 0.4) is 0 Å². The Bertz CT molecular complexity index is 2680. The molecule has 0 heterocycles. The van der Waals surface area contributed by atoms with E-state index in [9.17, 15) is 0 Å². The summed E-state index contributed by atoms with van der Waals surface area (Å²) in [6.07, 6.45) is 18.1. The molecule has 0 aliphatic heterocycles. The second-order valence-corrected chi connectivity index (χ2v) is 19.9. The number of fused-ring (bicyclic) bond motifs is 4. The third-order valence-corrected chi connectivity index (χ3v) is 14.4.